The minimum absolute atomic E-state index is 0.515. The molecule has 0 saturated heterocycles. The maximum atomic E-state index is 4.50. The number of hydrogen-bond acceptors (Lipinski definition) is 5. The second kappa shape index (κ2) is 6.70. The molecular formula is C14H25N5. The number of aromatic nitrogens is 2. The van der Waals surface area contributed by atoms with Crippen LogP contribution in [0.15, 0.2) is 12.4 Å². The van der Waals surface area contributed by atoms with Gasteiger partial charge in [-0.05, 0) is 33.2 Å². The molecule has 0 aromatic carbocycles. The van der Waals surface area contributed by atoms with E-state index in [4.69, 9.17) is 0 Å². The van der Waals surface area contributed by atoms with Crippen molar-refractivity contribution in [3.8, 4) is 0 Å². The number of hydrogen-bond donors (Lipinski definition) is 2. The van der Waals surface area contributed by atoms with E-state index in [9.17, 15) is 0 Å². The average molecular weight is 263 g/mol. The molecule has 0 spiro atoms. The molecule has 1 aliphatic rings. The van der Waals surface area contributed by atoms with Gasteiger partial charge in [-0.15, -0.1) is 0 Å². The molecule has 5 nitrogen and oxygen atoms in total. The van der Waals surface area contributed by atoms with Gasteiger partial charge in [0.1, 0.15) is 11.6 Å². The summed E-state index contributed by atoms with van der Waals surface area (Å²) in [5.74, 6) is 1.69. The molecule has 5 heteroatoms. The third-order valence-electron chi connectivity index (χ3n) is 3.59. The zero-order valence-corrected chi connectivity index (χ0v) is 12.2. The summed E-state index contributed by atoms with van der Waals surface area (Å²) in [6, 6.07) is 1.31. The highest BCUT2D eigenvalue weighted by molar-refractivity contribution is 5.41. The topological polar surface area (TPSA) is 53.1 Å². The Morgan fingerprint density at radius 1 is 1.32 bits per heavy atom. The molecular weight excluding hydrogens is 238 g/mol. The first-order valence-electron chi connectivity index (χ1n) is 7.22. The van der Waals surface area contributed by atoms with Crippen LogP contribution in [0.3, 0.4) is 0 Å². The largest absolute Gasteiger partial charge is 0.369 e. The lowest BCUT2D eigenvalue weighted by Gasteiger charge is -2.24. The van der Waals surface area contributed by atoms with E-state index in [1.807, 2.05) is 0 Å². The van der Waals surface area contributed by atoms with Crippen molar-refractivity contribution in [3.05, 3.63) is 12.4 Å². The van der Waals surface area contributed by atoms with Gasteiger partial charge in [-0.25, -0.2) is 4.98 Å². The first-order chi connectivity index (χ1) is 9.20. The molecule has 0 bridgehead atoms. The zero-order valence-electron chi connectivity index (χ0n) is 12.2. The molecule has 0 radical (unpaired) electrons. The van der Waals surface area contributed by atoms with Crippen LogP contribution in [0.1, 0.15) is 33.1 Å². The Balaban J connectivity index is 1.81. The summed E-state index contributed by atoms with van der Waals surface area (Å²) >= 11 is 0. The van der Waals surface area contributed by atoms with Crippen molar-refractivity contribution in [3.63, 3.8) is 0 Å². The summed E-state index contributed by atoms with van der Waals surface area (Å²) in [4.78, 5) is 11.1. The Morgan fingerprint density at radius 3 is 2.63 bits per heavy atom. The van der Waals surface area contributed by atoms with Crippen LogP contribution in [0.5, 0.6) is 0 Å². The van der Waals surface area contributed by atoms with Gasteiger partial charge in [0.05, 0.1) is 12.4 Å². The van der Waals surface area contributed by atoms with Gasteiger partial charge in [0.2, 0.25) is 0 Å². The number of anilines is 2. The highest BCUT2D eigenvalue weighted by Crippen LogP contribution is 2.26. The molecule has 0 aliphatic heterocycles. The molecule has 1 saturated carbocycles. The molecule has 0 amide bonds. The Kier molecular flexibility index (Phi) is 4.96. The van der Waals surface area contributed by atoms with Gasteiger partial charge < -0.3 is 10.6 Å². The summed E-state index contributed by atoms with van der Waals surface area (Å²) in [6.45, 7) is 6.22. The van der Waals surface area contributed by atoms with Crippen LogP contribution in [0.25, 0.3) is 0 Å². The highest BCUT2D eigenvalue weighted by atomic mass is 15.2. The van der Waals surface area contributed by atoms with Crippen molar-refractivity contribution >= 4 is 11.6 Å². The van der Waals surface area contributed by atoms with E-state index in [2.05, 4.69) is 46.4 Å². The van der Waals surface area contributed by atoms with Crippen LogP contribution in [-0.4, -0.2) is 47.1 Å². The highest BCUT2D eigenvalue weighted by Gasteiger charge is 2.28. The molecule has 106 valence electrons. The van der Waals surface area contributed by atoms with E-state index < -0.39 is 0 Å². The lowest BCUT2D eigenvalue weighted by Crippen LogP contribution is -2.36. The summed E-state index contributed by atoms with van der Waals surface area (Å²) < 4.78 is 0. The summed E-state index contributed by atoms with van der Waals surface area (Å²) in [5.41, 5.74) is 0. The Hall–Kier alpha value is -1.36. The molecule has 19 heavy (non-hydrogen) atoms. The molecule has 2 N–H and O–H groups in total. The van der Waals surface area contributed by atoms with Crippen LogP contribution in [0, 0.1) is 0 Å². The van der Waals surface area contributed by atoms with Crippen LogP contribution in [0.2, 0.25) is 0 Å². The predicted molar refractivity (Wildman–Crippen MR) is 79.5 cm³/mol. The van der Waals surface area contributed by atoms with Crippen molar-refractivity contribution < 1.29 is 0 Å². The minimum atomic E-state index is 0.515. The fourth-order valence-corrected chi connectivity index (χ4v) is 2.03. The summed E-state index contributed by atoms with van der Waals surface area (Å²) in [6.07, 6.45) is 7.32. The van der Waals surface area contributed by atoms with E-state index in [0.717, 1.165) is 37.2 Å². The fourth-order valence-electron chi connectivity index (χ4n) is 2.03. The number of likely N-dealkylation sites (N-methyl/N-ethyl adjacent to an activating group) is 1. The van der Waals surface area contributed by atoms with Crippen molar-refractivity contribution in [2.24, 2.45) is 0 Å². The van der Waals surface area contributed by atoms with E-state index in [1.165, 1.54) is 12.8 Å². The lowest BCUT2D eigenvalue weighted by molar-refractivity contribution is 0.257. The van der Waals surface area contributed by atoms with Crippen LogP contribution in [-0.2, 0) is 0 Å². The van der Waals surface area contributed by atoms with Gasteiger partial charge >= 0.3 is 0 Å². The fraction of sp³-hybridized carbons (Fsp3) is 0.714. The van der Waals surface area contributed by atoms with Gasteiger partial charge in [0.25, 0.3) is 0 Å². The van der Waals surface area contributed by atoms with Gasteiger partial charge in [-0.2, -0.15) is 0 Å². The third kappa shape index (κ3) is 4.35. The van der Waals surface area contributed by atoms with Crippen LogP contribution in [0.4, 0.5) is 11.6 Å². The van der Waals surface area contributed by atoms with E-state index in [-0.39, 0.29) is 0 Å². The number of nitrogens with zero attached hydrogens (tertiary/aromatic N) is 3. The van der Waals surface area contributed by atoms with Crippen molar-refractivity contribution in [1.82, 2.24) is 14.9 Å². The quantitative estimate of drug-likeness (QED) is 0.753. The maximum Gasteiger partial charge on any atom is 0.147 e. The van der Waals surface area contributed by atoms with Crippen LogP contribution < -0.4 is 10.6 Å². The molecule has 1 aliphatic carbocycles. The Morgan fingerprint density at radius 2 is 2.00 bits per heavy atom. The maximum absolute atomic E-state index is 4.50. The normalized spacial score (nSPS) is 16.4. The predicted octanol–water partition coefficient (Wildman–Crippen LogP) is 2.19. The summed E-state index contributed by atoms with van der Waals surface area (Å²) in [5, 5.41) is 6.62. The van der Waals surface area contributed by atoms with Crippen molar-refractivity contribution in [2.45, 2.75) is 45.2 Å². The molecule has 1 aromatic rings. The molecule has 1 aromatic heterocycles. The molecule has 1 fully saturated rings. The summed E-state index contributed by atoms with van der Waals surface area (Å²) in [7, 11) is 2.20. The standard InChI is InChI=1S/C14H25N5/c1-4-7-16-13-9-15-10-14(18-13)17-8-11(2)19(3)12-5-6-12/h9-12H,4-8H2,1-3H3,(H2,16,17,18). The van der Waals surface area contributed by atoms with E-state index >= 15 is 0 Å². The average Bonchev–Trinajstić information content (AvgIpc) is 3.26. The monoisotopic (exact) mass is 263 g/mol. The van der Waals surface area contributed by atoms with Gasteiger partial charge in [-0.3, -0.25) is 9.88 Å². The molecule has 2 rings (SSSR count). The van der Waals surface area contributed by atoms with E-state index in [1.54, 1.807) is 12.4 Å². The van der Waals surface area contributed by atoms with Crippen molar-refractivity contribution in [1.29, 1.82) is 0 Å². The SMILES string of the molecule is CCCNc1cncc(NCC(C)N(C)C2CC2)n1. The van der Waals surface area contributed by atoms with E-state index in [0.29, 0.717) is 6.04 Å². The smallest absolute Gasteiger partial charge is 0.147 e. The first kappa shape index (κ1) is 14.1. The Labute approximate surface area is 115 Å². The van der Waals surface area contributed by atoms with Crippen molar-refractivity contribution in [2.75, 3.05) is 30.8 Å². The lowest BCUT2D eigenvalue weighted by atomic mass is 10.3. The third-order valence-corrected chi connectivity index (χ3v) is 3.59. The molecule has 1 heterocycles. The van der Waals surface area contributed by atoms with Gasteiger partial charge in [0, 0.05) is 25.2 Å². The number of nitrogens with one attached hydrogen (secondary N) is 2. The second-order valence-electron chi connectivity index (χ2n) is 5.34. The first-order valence-corrected chi connectivity index (χ1v) is 7.22. The van der Waals surface area contributed by atoms with Gasteiger partial charge in [-0.1, -0.05) is 6.92 Å². The van der Waals surface area contributed by atoms with Gasteiger partial charge in [0.15, 0.2) is 0 Å². The van der Waals surface area contributed by atoms with Crippen LogP contribution >= 0.6 is 0 Å². The Bertz CT molecular complexity index is 391. The number of rotatable bonds is 8. The second-order valence-corrected chi connectivity index (χ2v) is 5.34. The minimum Gasteiger partial charge on any atom is -0.369 e. The molecule has 1 unspecified atom stereocenters. The molecule has 1 atom stereocenters. The zero-order chi connectivity index (χ0) is 13.7.